The summed E-state index contributed by atoms with van der Waals surface area (Å²) in [5, 5.41) is 5.80. The van der Waals surface area contributed by atoms with Crippen molar-refractivity contribution in [1.29, 1.82) is 0 Å². The van der Waals surface area contributed by atoms with Crippen LogP contribution in [-0.4, -0.2) is 19.7 Å². The molecule has 0 saturated heterocycles. The second-order valence-corrected chi connectivity index (χ2v) is 5.34. The molecule has 0 heterocycles. The van der Waals surface area contributed by atoms with Crippen LogP contribution in [0.3, 0.4) is 0 Å². The lowest BCUT2D eigenvalue weighted by atomic mass is 10.1. The third kappa shape index (κ3) is 3.95. The van der Waals surface area contributed by atoms with Gasteiger partial charge in [-0.3, -0.25) is 0 Å². The second-order valence-electron chi connectivity index (χ2n) is 4.55. The van der Waals surface area contributed by atoms with E-state index in [1.54, 1.807) is 0 Å². The van der Waals surface area contributed by atoms with E-state index < -0.39 is 0 Å². The molecule has 3 heteroatoms. The number of fused-ring (bicyclic) bond motifs is 1. The maximum absolute atomic E-state index is 5.84. The number of hydrogen-bond acceptors (Lipinski definition) is 2. The monoisotopic (exact) mass is 321 g/mol. The van der Waals surface area contributed by atoms with Crippen LogP contribution in [0.5, 0.6) is 5.75 Å². The Bertz CT molecular complexity index is 527. The normalized spacial score (nSPS) is 10.8. The van der Waals surface area contributed by atoms with E-state index in [4.69, 9.17) is 4.74 Å². The molecule has 0 amide bonds. The van der Waals surface area contributed by atoms with Crippen molar-refractivity contribution in [3.05, 3.63) is 40.9 Å². The van der Waals surface area contributed by atoms with Gasteiger partial charge in [0.25, 0.3) is 0 Å². The van der Waals surface area contributed by atoms with E-state index in [1.807, 2.05) is 12.1 Å². The summed E-state index contributed by atoms with van der Waals surface area (Å²) in [5.41, 5.74) is 0. The molecule has 1 N–H and O–H groups in total. The summed E-state index contributed by atoms with van der Waals surface area (Å²) in [5.74, 6) is 0.925. The summed E-state index contributed by atoms with van der Waals surface area (Å²) in [6.07, 6.45) is 2.20. The molecule has 2 aromatic carbocycles. The Labute approximate surface area is 123 Å². The lowest BCUT2D eigenvalue weighted by Gasteiger charge is -2.10. The molecule has 2 nitrogen and oxygen atoms in total. The van der Waals surface area contributed by atoms with Crippen LogP contribution in [0.4, 0.5) is 0 Å². The van der Waals surface area contributed by atoms with Crippen LogP contribution in [-0.2, 0) is 0 Å². The first-order valence-electron chi connectivity index (χ1n) is 6.83. The molecule has 0 atom stereocenters. The first-order chi connectivity index (χ1) is 9.33. The highest BCUT2D eigenvalue weighted by atomic mass is 79.9. The highest BCUT2D eigenvalue weighted by molar-refractivity contribution is 9.10. The second kappa shape index (κ2) is 7.51. The Morgan fingerprint density at radius 2 is 1.95 bits per heavy atom. The lowest BCUT2D eigenvalue weighted by molar-refractivity contribution is 0.307. The van der Waals surface area contributed by atoms with Gasteiger partial charge in [0.1, 0.15) is 5.75 Å². The van der Waals surface area contributed by atoms with Crippen molar-refractivity contribution in [2.45, 2.75) is 19.8 Å². The molecule has 0 saturated carbocycles. The molecule has 0 bridgehead atoms. The van der Waals surface area contributed by atoms with Crippen molar-refractivity contribution in [2.24, 2.45) is 0 Å². The third-order valence-electron chi connectivity index (χ3n) is 3.01. The fraction of sp³-hybridized carbons (Fsp3) is 0.375. The summed E-state index contributed by atoms with van der Waals surface area (Å²) < 4.78 is 6.89. The number of hydrogen-bond donors (Lipinski definition) is 1. The SMILES string of the molecule is CCCNCCCOc1ccc2ccccc2c1Br. The molecule has 19 heavy (non-hydrogen) atoms. The van der Waals surface area contributed by atoms with Gasteiger partial charge in [-0.2, -0.15) is 0 Å². The summed E-state index contributed by atoms with van der Waals surface area (Å²) >= 11 is 3.64. The van der Waals surface area contributed by atoms with Gasteiger partial charge in [-0.05, 0) is 58.7 Å². The van der Waals surface area contributed by atoms with Crippen LogP contribution in [0.15, 0.2) is 40.9 Å². The molecular weight excluding hydrogens is 302 g/mol. The standard InChI is InChI=1S/C16H20BrNO/c1-2-10-18-11-5-12-19-15-9-8-13-6-3-4-7-14(13)16(15)17/h3-4,6-9,18H,2,5,10-12H2,1H3. The van der Waals surface area contributed by atoms with Gasteiger partial charge in [-0.1, -0.05) is 37.3 Å². The minimum atomic E-state index is 0.744. The van der Waals surface area contributed by atoms with Crippen LogP contribution in [0, 0.1) is 0 Å². The van der Waals surface area contributed by atoms with Gasteiger partial charge in [-0.15, -0.1) is 0 Å². The topological polar surface area (TPSA) is 21.3 Å². The summed E-state index contributed by atoms with van der Waals surface area (Å²) in [7, 11) is 0. The largest absolute Gasteiger partial charge is 0.492 e. The number of rotatable bonds is 7. The van der Waals surface area contributed by atoms with Crippen molar-refractivity contribution in [2.75, 3.05) is 19.7 Å². The van der Waals surface area contributed by atoms with Gasteiger partial charge in [0.05, 0.1) is 11.1 Å². The van der Waals surface area contributed by atoms with Crippen molar-refractivity contribution in [3.8, 4) is 5.75 Å². The van der Waals surface area contributed by atoms with Crippen molar-refractivity contribution < 1.29 is 4.74 Å². The number of halogens is 1. The van der Waals surface area contributed by atoms with E-state index in [2.05, 4.69) is 52.4 Å². The van der Waals surface area contributed by atoms with Crippen LogP contribution >= 0.6 is 15.9 Å². The predicted octanol–water partition coefficient (Wildman–Crippen LogP) is 4.37. The summed E-state index contributed by atoms with van der Waals surface area (Å²) in [4.78, 5) is 0. The Kier molecular flexibility index (Phi) is 5.67. The van der Waals surface area contributed by atoms with E-state index in [9.17, 15) is 0 Å². The van der Waals surface area contributed by atoms with Crippen LogP contribution in [0.2, 0.25) is 0 Å². The highest BCUT2D eigenvalue weighted by Gasteiger charge is 2.05. The highest BCUT2D eigenvalue weighted by Crippen LogP contribution is 2.32. The molecule has 0 aromatic heterocycles. The molecule has 0 aliphatic carbocycles. The number of ether oxygens (including phenoxy) is 1. The van der Waals surface area contributed by atoms with Crippen LogP contribution in [0.1, 0.15) is 19.8 Å². The van der Waals surface area contributed by atoms with E-state index in [1.165, 1.54) is 17.2 Å². The third-order valence-corrected chi connectivity index (χ3v) is 3.83. The Balaban J connectivity index is 1.92. The molecule has 0 radical (unpaired) electrons. The van der Waals surface area contributed by atoms with Gasteiger partial charge in [0.15, 0.2) is 0 Å². The average Bonchev–Trinajstić information content (AvgIpc) is 2.45. The van der Waals surface area contributed by atoms with Gasteiger partial charge < -0.3 is 10.1 Å². The minimum absolute atomic E-state index is 0.744. The maximum atomic E-state index is 5.84. The Hall–Kier alpha value is -1.06. The Morgan fingerprint density at radius 1 is 1.11 bits per heavy atom. The van der Waals surface area contributed by atoms with Gasteiger partial charge in [-0.25, -0.2) is 0 Å². The Morgan fingerprint density at radius 3 is 2.79 bits per heavy atom. The quantitative estimate of drug-likeness (QED) is 0.764. The predicted molar refractivity (Wildman–Crippen MR) is 84.9 cm³/mol. The van der Waals surface area contributed by atoms with Crippen molar-refractivity contribution in [1.82, 2.24) is 5.32 Å². The molecule has 0 spiro atoms. The fourth-order valence-corrected chi connectivity index (χ4v) is 2.61. The zero-order valence-electron chi connectivity index (χ0n) is 11.3. The van der Waals surface area contributed by atoms with Crippen LogP contribution in [0.25, 0.3) is 10.8 Å². The van der Waals surface area contributed by atoms with Crippen LogP contribution < -0.4 is 10.1 Å². The van der Waals surface area contributed by atoms with Gasteiger partial charge in [0, 0.05) is 0 Å². The molecule has 2 rings (SSSR count). The zero-order chi connectivity index (χ0) is 13.5. The van der Waals surface area contributed by atoms with Crippen molar-refractivity contribution >= 4 is 26.7 Å². The first-order valence-corrected chi connectivity index (χ1v) is 7.63. The maximum Gasteiger partial charge on any atom is 0.134 e. The molecule has 0 aliphatic heterocycles. The fourth-order valence-electron chi connectivity index (χ4n) is 2.01. The van der Waals surface area contributed by atoms with Crippen molar-refractivity contribution in [3.63, 3.8) is 0 Å². The van der Waals surface area contributed by atoms with E-state index >= 15 is 0 Å². The lowest BCUT2D eigenvalue weighted by Crippen LogP contribution is -2.18. The minimum Gasteiger partial charge on any atom is -0.492 e. The molecule has 102 valence electrons. The van der Waals surface area contributed by atoms with Gasteiger partial charge in [0.2, 0.25) is 0 Å². The van der Waals surface area contributed by atoms with Gasteiger partial charge >= 0.3 is 0 Å². The smallest absolute Gasteiger partial charge is 0.134 e. The number of nitrogens with one attached hydrogen (secondary N) is 1. The number of benzene rings is 2. The summed E-state index contributed by atoms with van der Waals surface area (Å²) in [6, 6.07) is 12.4. The zero-order valence-corrected chi connectivity index (χ0v) is 12.9. The van der Waals surface area contributed by atoms with E-state index in [0.29, 0.717) is 0 Å². The van der Waals surface area contributed by atoms with E-state index in [0.717, 1.165) is 36.3 Å². The molecular formula is C16H20BrNO. The summed E-state index contributed by atoms with van der Waals surface area (Å²) in [6.45, 7) is 5.02. The average molecular weight is 322 g/mol. The molecule has 0 unspecified atom stereocenters. The molecule has 0 aliphatic rings. The molecule has 2 aromatic rings. The molecule has 0 fully saturated rings. The van der Waals surface area contributed by atoms with E-state index in [-0.39, 0.29) is 0 Å². The first kappa shape index (κ1) is 14.4.